The molecule has 1 heterocycles. The highest BCUT2D eigenvalue weighted by Gasteiger charge is 2.46. The number of aromatic nitrogens is 2. The molecule has 2 aromatic carbocycles. The first kappa shape index (κ1) is 20.6. The Balaban J connectivity index is 1.46. The zero-order valence-electron chi connectivity index (χ0n) is 18.6. The SMILES string of the molecule is C[C@@H](NC(=O)c1nn(-c2ccc(F)cc2F)c2c1C1CC3CC(C1)CC2C3)c1ccccc1. The lowest BCUT2D eigenvalue weighted by molar-refractivity contribution is 0.0931. The Labute approximate surface area is 192 Å². The molecule has 7 rings (SSSR count). The molecule has 0 saturated heterocycles. The van der Waals surface area contributed by atoms with Crippen molar-refractivity contribution >= 4 is 5.91 Å². The van der Waals surface area contributed by atoms with Gasteiger partial charge in [0.1, 0.15) is 11.5 Å². The van der Waals surface area contributed by atoms with E-state index >= 15 is 0 Å². The predicted molar refractivity (Wildman–Crippen MR) is 121 cm³/mol. The molecule has 1 N–H and O–H groups in total. The van der Waals surface area contributed by atoms with Crippen LogP contribution < -0.4 is 5.32 Å². The Morgan fingerprint density at radius 3 is 2.39 bits per heavy atom. The maximum Gasteiger partial charge on any atom is 0.272 e. The standard InChI is InChI=1S/C27H27F2N3O/c1-15(18-5-3-2-4-6-18)30-27(33)25-24-19-10-16-9-17(11-19)13-20(12-16)26(24)32(31-25)23-8-7-21(28)14-22(23)29/h2-8,14-17,19-20H,9-13H2,1H3,(H,30,33)/t15-,16?,17?,19?,20?/m1/s1. The molecule has 0 aliphatic heterocycles. The zero-order chi connectivity index (χ0) is 22.7. The second-order valence-corrected chi connectivity index (χ2v) is 10.1. The van der Waals surface area contributed by atoms with Crippen LogP contribution in [0.4, 0.5) is 8.78 Å². The first-order chi connectivity index (χ1) is 16.0. The van der Waals surface area contributed by atoms with Gasteiger partial charge in [0.15, 0.2) is 11.5 Å². The molecule has 0 radical (unpaired) electrons. The van der Waals surface area contributed by atoms with E-state index in [0.717, 1.165) is 48.6 Å². The van der Waals surface area contributed by atoms with Crippen molar-refractivity contribution in [3.8, 4) is 5.69 Å². The highest BCUT2D eigenvalue weighted by molar-refractivity contribution is 5.94. The van der Waals surface area contributed by atoms with E-state index in [9.17, 15) is 13.6 Å². The van der Waals surface area contributed by atoms with Gasteiger partial charge in [-0.15, -0.1) is 0 Å². The van der Waals surface area contributed by atoms with Gasteiger partial charge < -0.3 is 5.32 Å². The van der Waals surface area contributed by atoms with Gasteiger partial charge in [-0.3, -0.25) is 4.79 Å². The Hall–Kier alpha value is -3.02. The van der Waals surface area contributed by atoms with E-state index in [-0.39, 0.29) is 29.5 Å². The summed E-state index contributed by atoms with van der Waals surface area (Å²) in [5.74, 6) is 0.293. The smallest absolute Gasteiger partial charge is 0.272 e. The van der Waals surface area contributed by atoms with E-state index in [0.29, 0.717) is 17.5 Å². The fraction of sp³-hybridized carbons (Fsp3) is 0.407. The van der Waals surface area contributed by atoms with Gasteiger partial charge in [0, 0.05) is 17.5 Å². The van der Waals surface area contributed by atoms with E-state index in [4.69, 9.17) is 5.10 Å². The van der Waals surface area contributed by atoms with E-state index in [1.165, 1.54) is 18.6 Å². The molecule has 1 amide bonds. The second kappa shape index (κ2) is 7.79. The molecule has 3 atom stereocenters. The first-order valence-corrected chi connectivity index (χ1v) is 11.9. The molecule has 4 aliphatic carbocycles. The molecule has 2 saturated carbocycles. The van der Waals surface area contributed by atoms with Gasteiger partial charge in [-0.2, -0.15) is 5.10 Å². The van der Waals surface area contributed by atoms with E-state index in [1.807, 2.05) is 37.3 Å². The van der Waals surface area contributed by atoms with Gasteiger partial charge in [-0.1, -0.05) is 30.3 Å². The number of nitrogens with one attached hydrogen (secondary N) is 1. The first-order valence-electron chi connectivity index (χ1n) is 11.9. The lowest BCUT2D eigenvalue weighted by Crippen LogP contribution is -2.29. The van der Waals surface area contributed by atoms with Crippen molar-refractivity contribution in [1.82, 2.24) is 15.1 Å². The molecule has 33 heavy (non-hydrogen) atoms. The van der Waals surface area contributed by atoms with Crippen LogP contribution in [0.3, 0.4) is 0 Å². The van der Waals surface area contributed by atoms with Crippen molar-refractivity contribution in [3.05, 3.63) is 82.7 Å². The van der Waals surface area contributed by atoms with Crippen LogP contribution >= 0.6 is 0 Å². The van der Waals surface area contributed by atoms with Crippen molar-refractivity contribution in [3.63, 3.8) is 0 Å². The molecule has 6 heteroatoms. The largest absolute Gasteiger partial charge is 0.344 e. The Morgan fingerprint density at radius 2 is 1.70 bits per heavy atom. The maximum absolute atomic E-state index is 14.9. The minimum atomic E-state index is -0.658. The van der Waals surface area contributed by atoms with Crippen LogP contribution in [0.1, 0.15) is 84.2 Å². The molecule has 2 unspecified atom stereocenters. The van der Waals surface area contributed by atoms with Crippen molar-refractivity contribution < 1.29 is 13.6 Å². The Kier molecular flexibility index (Phi) is 4.86. The summed E-state index contributed by atoms with van der Waals surface area (Å²) in [6, 6.07) is 13.2. The molecule has 1 aromatic heterocycles. The number of benzene rings is 2. The van der Waals surface area contributed by atoms with Crippen LogP contribution in [0.2, 0.25) is 0 Å². The average molecular weight is 448 g/mol. The van der Waals surface area contributed by atoms with Crippen LogP contribution in [-0.2, 0) is 0 Å². The number of hydrogen-bond donors (Lipinski definition) is 1. The number of carbonyl (C=O) groups is 1. The summed E-state index contributed by atoms with van der Waals surface area (Å²) in [7, 11) is 0. The quantitative estimate of drug-likeness (QED) is 0.531. The van der Waals surface area contributed by atoms with Crippen molar-refractivity contribution in [1.29, 1.82) is 0 Å². The van der Waals surface area contributed by atoms with Crippen LogP contribution in [0.15, 0.2) is 48.5 Å². The fourth-order valence-electron chi connectivity index (χ4n) is 6.64. The predicted octanol–water partition coefficient (Wildman–Crippen LogP) is 6.03. The highest BCUT2D eigenvalue weighted by Crippen LogP contribution is 2.57. The maximum atomic E-state index is 14.9. The van der Waals surface area contributed by atoms with Crippen LogP contribution in [-0.4, -0.2) is 15.7 Å². The van der Waals surface area contributed by atoms with Crippen LogP contribution in [0.5, 0.6) is 0 Å². The van der Waals surface area contributed by atoms with Crippen molar-refractivity contribution in [2.45, 2.75) is 56.9 Å². The van der Waals surface area contributed by atoms with Gasteiger partial charge in [-0.05, 0) is 74.5 Å². The fourth-order valence-corrected chi connectivity index (χ4v) is 6.64. The molecule has 3 aromatic rings. The van der Waals surface area contributed by atoms with E-state index in [2.05, 4.69) is 5.32 Å². The van der Waals surface area contributed by atoms with Gasteiger partial charge in [0.2, 0.25) is 0 Å². The monoisotopic (exact) mass is 447 g/mol. The van der Waals surface area contributed by atoms with Crippen LogP contribution in [0.25, 0.3) is 5.69 Å². The number of rotatable bonds is 4. The summed E-state index contributed by atoms with van der Waals surface area (Å²) < 4.78 is 30.1. The number of carbonyl (C=O) groups excluding carboxylic acids is 1. The summed E-state index contributed by atoms with van der Waals surface area (Å²) in [6.45, 7) is 1.95. The van der Waals surface area contributed by atoms with E-state index < -0.39 is 11.6 Å². The number of hydrogen-bond acceptors (Lipinski definition) is 2. The third-order valence-electron chi connectivity index (χ3n) is 7.89. The third-order valence-corrected chi connectivity index (χ3v) is 7.89. The summed E-state index contributed by atoms with van der Waals surface area (Å²) in [5, 5.41) is 7.81. The molecule has 4 aliphatic rings. The average Bonchev–Trinajstić information content (AvgIpc) is 3.11. The van der Waals surface area contributed by atoms with Gasteiger partial charge in [0.25, 0.3) is 5.91 Å². The Morgan fingerprint density at radius 1 is 1.00 bits per heavy atom. The van der Waals surface area contributed by atoms with Crippen LogP contribution in [0, 0.1) is 23.5 Å². The molecular weight excluding hydrogens is 420 g/mol. The minimum absolute atomic E-state index is 0.180. The number of halogens is 2. The Bertz CT molecular complexity index is 1210. The molecule has 4 nitrogen and oxygen atoms in total. The summed E-state index contributed by atoms with van der Waals surface area (Å²) in [4.78, 5) is 13.5. The third kappa shape index (κ3) is 3.47. The zero-order valence-corrected chi connectivity index (χ0v) is 18.6. The molecule has 4 bridgehead atoms. The summed E-state index contributed by atoms with van der Waals surface area (Å²) in [5.41, 5.74) is 3.58. The summed E-state index contributed by atoms with van der Waals surface area (Å²) in [6.07, 6.45) is 5.48. The molecule has 0 spiro atoms. The second-order valence-electron chi connectivity index (χ2n) is 10.1. The lowest BCUT2D eigenvalue weighted by Gasteiger charge is -2.38. The van der Waals surface area contributed by atoms with Gasteiger partial charge >= 0.3 is 0 Å². The molecular formula is C27H27F2N3O. The number of amides is 1. The van der Waals surface area contributed by atoms with E-state index in [1.54, 1.807) is 4.68 Å². The molecule has 170 valence electrons. The topological polar surface area (TPSA) is 46.9 Å². The molecule has 2 fully saturated rings. The number of nitrogens with zero attached hydrogens (tertiary/aromatic N) is 2. The normalized spacial score (nSPS) is 26.0. The van der Waals surface area contributed by atoms with Gasteiger partial charge in [0.05, 0.1) is 11.7 Å². The minimum Gasteiger partial charge on any atom is -0.344 e. The van der Waals surface area contributed by atoms with Crippen molar-refractivity contribution in [2.75, 3.05) is 0 Å². The highest BCUT2D eigenvalue weighted by atomic mass is 19.1. The summed E-state index contributed by atoms with van der Waals surface area (Å²) >= 11 is 0. The van der Waals surface area contributed by atoms with Gasteiger partial charge in [-0.25, -0.2) is 13.5 Å². The lowest BCUT2D eigenvalue weighted by atomic mass is 9.67. The van der Waals surface area contributed by atoms with Crippen molar-refractivity contribution in [2.24, 2.45) is 11.8 Å².